The molecule has 0 aliphatic heterocycles. The van der Waals surface area contributed by atoms with E-state index in [1.807, 2.05) is 12.1 Å². The first-order chi connectivity index (χ1) is 10.8. The molecule has 0 N–H and O–H groups in total. The fourth-order valence-electron chi connectivity index (χ4n) is 3.94. The van der Waals surface area contributed by atoms with Crippen molar-refractivity contribution in [1.82, 2.24) is 0 Å². The molecule has 0 unspecified atom stereocenters. The molecule has 0 amide bonds. The van der Waals surface area contributed by atoms with Crippen LogP contribution in [-0.2, 0) is 0 Å². The van der Waals surface area contributed by atoms with Crippen LogP contribution in [0.2, 0.25) is 0 Å². The van der Waals surface area contributed by atoms with Gasteiger partial charge in [0.05, 0.1) is 0 Å². The fraction of sp³-hybridized carbons (Fsp3) is 0.571. The summed E-state index contributed by atoms with van der Waals surface area (Å²) >= 11 is 0. The average molecular weight is 296 g/mol. The van der Waals surface area contributed by atoms with Crippen molar-refractivity contribution in [2.75, 3.05) is 0 Å². The van der Waals surface area contributed by atoms with Gasteiger partial charge in [-0.25, -0.2) is 0 Å². The Morgan fingerprint density at radius 3 is 2.23 bits per heavy atom. The molecule has 2 aliphatic carbocycles. The van der Waals surface area contributed by atoms with Crippen LogP contribution in [0.25, 0.3) is 0 Å². The number of hydrogen-bond donors (Lipinski definition) is 0. The first kappa shape index (κ1) is 15.5. The lowest BCUT2D eigenvalue weighted by Crippen LogP contribution is -2.05. The second-order valence-corrected chi connectivity index (χ2v) is 7.01. The third-order valence-electron chi connectivity index (χ3n) is 5.38. The number of Topliss-reactive ketones (excluding diaryl/α,β-unsaturated/α-hetero) is 1. The Bertz CT molecular complexity index is 509. The molecule has 0 atom stereocenters. The lowest BCUT2D eigenvalue weighted by atomic mass is 9.84. The smallest absolute Gasteiger partial charge is 0.166 e. The zero-order valence-electron chi connectivity index (χ0n) is 13.7. The molecule has 22 heavy (non-hydrogen) atoms. The minimum absolute atomic E-state index is 0.272. The number of carbonyl (C=O) groups excluding carboxylic acids is 1. The van der Waals surface area contributed by atoms with Crippen molar-refractivity contribution >= 4 is 5.78 Å². The largest absolute Gasteiger partial charge is 0.294 e. The summed E-state index contributed by atoms with van der Waals surface area (Å²) in [6.45, 7) is 0. The summed E-state index contributed by atoms with van der Waals surface area (Å²) in [6, 6.07) is 8.48. The van der Waals surface area contributed by atoms with E-state index < -0.39 is 0 Å². The standard InChI is InChI=1S/C21H28O/c22-21(16-11-17-7-3-1-4-8-17)20-14-12-19(13-15-20)18-9-5-2-6-10-18/h11-15,18H,1-10,16H2. The Morgan fingerprint density at radius 2 is 1.55 bits per heavy atom. The Hall–Kier alpha value is -1.37. The van der Waals surface area contributed by atoms with E-state index in [0.29, 0.717) is 6.42 Å². The maximum Gasteiger partial charge on any atom is 0.166 e. The Morgan fingerprint density at radius 1 is 0.909 bits per heavy atom. The number of carbonyl (C=O) groups is 1. The highest BCUT2D eigenvalue weighted by Crippen LogP contribution is 2.32. The van der Waals surface area contributed by atoms with Gasteiger partial charge in [0.2, 0.25) is 0 Å². The third-order valence-corrected chi connectivity index (χ3v) is 5.38. The molecule has 1 heteroatoms. The Balaban J connectivity index is 1.58. The molecule has 118 valence electrons. The molecule has 0 saturated heterocycles. The molecular weight excluding hydrogens is 268 g/mol. The summed E-state index contributed by atoms with van der Waals surface area (Å²) in [7, 11) is 0. The predicted molar refractivity (Wildman–Crippen MR) is 92.4 cm³/mol. The quantitative estimate of drug-likeness (QED) is 0.477. The molecule has 0 heterocycles. The SMILES string of the molecule is O=C(CC=C1CCCCC1)c1ccc(C2CCCCC2)cc1. The fourth-order valence-corrected chi connectivity index (χ4v) is 3.94. The summed E-state index contributed by atoms with van der Waals surface area (Å²) in [5.41, 5.74) is 3.81. The van der Waals surface area contributed by atoms with E-state index in [4.69, 9.17) is 0 Å². The van der Waals surface area contributed by atoms with E-state index >= 15 is 0 Å². The molecule has 0 radical (unpaired) electrons. The van der Waals surface area contributed by atoms with Gasteiger partial charge in [-0.2, -0.15) is 0 Å². The van der Waals surface area contributed by atoms with Gasteiger partial charge in [0.1, 0.15) is 0 Å². The number of allylic oxidation sites excluding steroid dienone is 2. The lowest BCUT2D eigenvalue weighted by Gasteiger charge is -2.22. The van der Waals surface area contributed by atoms with Crippen molar-refractivity contribution in [3.8, 4) is 0 Å². The second kappa shape index (κ2) is 7.76. The van der Waals surface area contributed by atoms with Crippen molar-refractivity contribution in [3.63, 3.8) is 0 Å². The minimum Gasteiger partial charge on any atom is -0.294 e. The molecule has 1 aromatic rings. The topological polar surface area (TPSA) is 17.1 Å². The number of hydrogen-bond acceptors (Lipinski definition) is 1. The van der Waals surface area contributed by atoms with E-state index in [-0.39, 0.29) is 5.78 Å². The third kappa shape index (κ3) is 4.09. The van der Waals surface area contributed by atoms with Gasteiger partial charge in [-0.1, -0.05) is 61.6 Å². The molecule has 2 saturated carbocycles. The van der Waals surface area contributed by atoms with Gasteiger partial charge in [-0.3, -0.25) is 4.79 Å². The van der Waals surface area contributed by atoms with E-state index in [1.165, 1.54) is 75.3 Å². The number of benzene rings is 1. The van der Waals surface area contributed by atoms with E-state index in [0.717, 1.165) is 11.5 Å². The summed E-state index contributed by atoms with van der Waals surface area (Å²) < 4.78 is 0. The van der Waals surface area contributed by atoms with Crippen LogP contribution in [0.5, 0.6) is 0 Å². The van der Waals surface area contributed by atoms with E-state index in [9.17, 15) is 4.79 Å². The maximum absolute atomic E-state index is 12.3. The molecule has 0 spiro atoms. The van der Waals surface area contributed by atoms with Gasteiger partial charge in [-0.15, -0.1) is 0 Å². The van der Waals surface area contributed by atoms with Crippen molar-refractivity contribution in [1.29, 1.82) is 0 Å². The first-order valence-electron chi connectivity index (χ1n) is 9.14. The molecule has 1 nitrogen and oxygen atoms in total. The van der Waals surface area contributed by atoms with Gasteiger partial charge in [0, 0.05) is 12.0 Å². The number of rotatable bonds is 4. The van der Waals surface area contributed by atoms with Crippen LogP contribution in [-0.4, -0.2) is 5.78 Å². The van der Waals surface area contributed by atoms with Gasteiger partial charge in [0.15, 0.2) is 5.78 Å². The first-order valence-corrected chi connectivity index (χ1v) is 9.14. The zero-order valence-corrected chi connectivity index (χ0v) is 13.7. The van der Waals surface area contributed by atoms with Crippen molar-refractivity contribution < 1.29 is 4.79 Å². The summed E-state index contributed by atoms with van der Waals surface area (Å²) in [5.74, 6) is 0.996. The Kier molecular flexibility index (Phi) is 5.48. The van der Waals surface area contributed by atoms with Crippen LogP contribution in [0.15, 0.2) is 35.9 Å². The maximum atomic E-state index is 12.3. The number of ketones is 1. The molecule has 2 fully saturated rings. The average Bonchev–Trinajstić information content (AvgIpc) is 2.61. The van der Waals surface area contributed by atoms with Crippen LogP contribution in [0.3, 0.4) is 0 Å². The van der Waals surface area contributed by atoms with Crippen molar-refractivity contribution in [2.45, 2.75) is 76.5 Å². The zero-order chi connectivity index (χ0) is 15.2. The predicted octanol–water partition coefficient (Wildman–Crippen LogP) is 6.20. The van der Waals surface area contributed by atoms with Gasteiger partial charge in [-0.05, 0) is 50.0 Å². The second-order valence-electron chi connectivity index (χ2n) is 7.01. The van der Waals surface area contributed by atoms with Gasteiger partial charge in [0.25, 0.3) is 0 Å². The molecule has 0 aromatic heterocycles. The minimum atomic E-state index is 0.272. The van der Waals surface area contributed by atoms with Crippen LogP contribution < -0.4 is 0 Å². The van der Waals surface area contributed by atoms with E-state index in [2.05, 4.69) is 18.2 Å². The highest BCUT2D eigenvalue weighted by atomic mass is 16.1. The molecule has 3 rings (SSSR count). The molecule has 2 aliphatic rings. The molecule has 1 aromatic carbocycles. The van der Waals surface area contributed by atoms with Crippen molar-refractivity contribution in [2.24, 2.45) is 0 Å². The summed E-state index contributed by atoms with van der Waals surface area (Å²) in [4.78, 5) is 12.3. The highest BCUT2D eigenvalue weighted by Gasteiger charge is 2.15. The lowest BCUT2D eigenvalue weighted by molar-refractivity contribution is 0.0995. The van der Waals surface area contributed by atoms with Crippen LogP contribution in [0, 0.1) is 0 Å². The van der Waals surface area contributed by atoms with Crippen molar-refractivity contribution in [3.05, 3.63) is 47.0 Å². The summed E-state index contributed by atoms with van der Waals surface area (Å²) in [6.07, 6.45) is 15.9. The van der Waals surface area contributed by atoms with E-state index in [1.54, 1.807) is 0 Å². The van der Waals surface area contributed by atoms with Gasteiger partial charge >= 0.3 is 0 Å². The highest BCUT2D eigenvalue weighted by molar-refractivity contribution is 5.97. The van der Waals surface area contributed by atoms with Gasteiger partial charge < -0.3 is 0 Å². The van der Waals surface area contributed by atoms with Crippen LogP contribution >= 0.6 is 0 Å². The Labute approximate surface area is 134 Å². The molecule has 0 bridgehead atoms. The van der Waals surface area contributed by atoms with Crippen LogP contribution in [0.1, 0.15) is 92.5 Å². The monoisotopic (exact) mass is 296 g/mol. The summed E-state index contributed by atoms with van der Waals surface area (Å²) in [5, 5.41) is 0. The normalized spacial score (nSPS) is 19.9. The molecular formula is C21H28O. The van der Waals surface area contributed by atoms with Crippen LogP contribution in [0.4, 0.5) is 0 Å².